The molecule has 2 aromatic heterocycles. The molecule has 0 spiro atoms. The number of hydrogen-bond donors (Lipinski definition) is 2. The van der Waals surface area contributed by atoms with Gasteiger partial charge in [-0.05, 0) is 37.1 Å². The number of nitrogens with one attached hydrogen (secondary N) is 2. The minimum Gasteiger partial charge on any atom is -0.347 e. The number of carbonyl (C=O) groups is 1. The number of hydrogen-bond acceptors (Lipinski definition) is 4. The van der Waals surface area contributed by atoms with E-state index in [4.69, 9.17) is 0 Å². The van der Waals surface area contributed by atoms with Crippen molar-refractivity contribution in [2.75, 3.05) is 13.1 Å². The number of likely N-dealkylation sites (tertiary alicyclic amines) is 1. The lowest BCUT2D eigenvalue weighted by molar-refractivity contribution is 0.0897. The van der Waals surface area contributed by atoms with E-state index in [1.165, 1.54) is 5.56 Å². The number of nitrogens with zero attached hydrogens (tertiary/aromatic N) is 3. The van der Waals surface area contributed by atoms with Crippen LogP contribution in [0.2, 0.25) is 0 Å². The van der Waals surface area contributed by atoms with E-state index < -0.39 is 0 Å². The Kier molecular flexibility index (Phi) is 4.43. The molecule has 6 nitrogen and oxygen atoms in total. The largest absolute Gasteiger partial charge is 0.347 e. The summed E-state index contributed by atoms with van der Waals surface area (Å²) < 4.78 is 0. The molecule has 1 saturated heterocycles. The van der Waals surface area contributed by atoms with Gasteiger partial charge in [-0.2, -0.15) is 5.10 Å². The van der Waals surface area contributed by atoms with Crippen molar-refractivity contribution in [2.24, 2.45) is 0 Å². The van der Waals surface area contributed by atoms with Crippen LogP contribution < -0.4 is 5.32 Å². The molecule has 1 aliphatic rings. The molecule has 0 unspecified atom stereocenters. The van der Waals surface area contributed by atoms with E-state index in [9.17, 15) is 4.79 Å². The number of carbonyl (C=O) groups excluding carboxylic acids is 1. The molecular weight excluding hydrogens is 314 g/mol. The Bertz CT molecular complexity index is 860. The molecule has 0 aliphatic carbocycles. The zero-order chi connectivity index (χ0) is 17.1. The van der Waals surface area contributed by atoms with Crippen LogP contribution in [0.15, 0.2) is 48.8 Å². The van der Waals surface area contributed by atoms with Crippen LogP contribution in [0.4, 0.5) is 0 Å². The molecule has 1 aliphatic heterocycles. The molecule has 0 radical (unpaired) electrons. The van der Waals surface area contributed by atoms with Gasteiger partial charge in [0.1, 0.15) is 0 Å². The van der Waals surface area contributed by atoms with Crippen molar-refractivity contribution in [1.29, 1.82) is 0 Å². The number of fused-ring (bicyclic) bond motifs is 1. The zero-order valence-corrected chi connectivity index (χ0v) is 14.0. The minimum atomic E-state index is -0.106. The maximum absolute atomic E-state index is 12.6. The highest BCUT2D eigenvalue weighted by molar-refractivity contribution is 6.04. The lowest BCUT2D eigenvalue weighted by atomic mass is 10.0. The van der Waals surface area contributed by atoms with Gasteiger partial charge in [-0.3, -0.25) is 19.8 Å². The van der Waals surface area contributed by atoms with Gasteiger partial charge in [0.05, 0.1) is 5.52 Å². The third-order valence-corrected chi connectivity index (χ3v) is 4.66. The Hall–Kier alpha value is -2.73. The molecule has 1 atom stereocenters. The number of benzene rings is 1. The van der Waals surface area contributed by atoms with E-state index in [0.717, 1.165) is 43.4 Å². The predicted molar refractivity (Wildman–Crippen MR) is 96.1 cm³/mol. The average molecular weight is 335 g/mol. The molecule has 25 heavy (non-hydrogen) atoms. The van der Waals surface area contributed by atoms with Crippen LogP contribution in [0.3, 0.4) is 0 Å². The fourth-order valence-electron chi connectivity index (χ4n) is 3.46. The first-order chi connectivity index (χ1) is 12.3. The van der Waals surface area contributed by atoms with Gasteiger partial charge in [-0.1, -0.05) is 24.3 Å². The molecule has 3 aromatic rings. The summed E-state index contributed by atoms with van der Waals surface area (Å²) in [6.07, 6.45) is 5.76. The lowest BCUT2D eigenvalue weighted by Crippen LogP contribution is -2.47. The van der Waals surface area contributed by atoms with Crippen molar-refractivity contribution < 1.29 is 4.79 Å². The van der Waals surface area contributed by atoms with Gasteiger partial charge in [-0.15, -0.1) is 0 Å². The quantitative estimate of drug-likeness (QED) is 0.767. The molecule has 2 N–H and O–H groups in total. The predicted octanol–water partition coefficient (Wildman–Crippen LogP) is 2.35. The molecular formula is C19H21N5O. The summed E-state index contributed by atoms with van der Waals surface area (Å²) in [6.45, 7) is 2.77. The molecule has 0 saturated carbocycles. The number of pyridine rings is 1. The molecule has 1 fully saturated rings. The topological polar surface area (TPSA) is 73.9 Å². The van der Waals surface area contributed by atoms with Crippen molar-refractivity contribution in [1.82, 2.24) is 25.4 Å². The molecule has 1 aromatic carbocycles. The van der Waals surface area contributed by atoms with Crippen LogP contribution in [0.25, 0.3) is 10.9 Å². The Morgan fingerprint density at radius 2 is 2.20 bits per heavy atom. The summed E-state index contributed by atoms with van der Waals surface area (Å²) in [7, 11) is 0. The number of aromatic nitrogens is 3. The number of piperidine rings is 1. The smallest absolute Gasteiger partial charge is 0.272 e. The molecule has 1 amide bonds. The normalized spacial score (nSPS) is 18.3. The summed E-state index contributed by atoms with van der Waals surface area (Å²) in [4.78, 5) is 19.2. The third kappa shape index (κ3) is 3.53. The fourth-order valence-corrected chi connectivity index (χ4v) is 3.46. The van der Waals surface area contributed by atoms with Crippen molar-refractivity contribution in [3.63, 3.8) is 0 Å². The second-order valence-corrected chi connectivity index (χ2v) is 6.53. The standard InChI is InChI=1S/C19H21N5O/c25-19(18-16-7-1-2-8-17(16)22-23-18)21-15-6-4-10-24(13-15)12-14-5-3-9-20-11-14/h1-3,5,7-9,11,15H,4,6,10,12-13H2,(H,21,25)(H,22,23)/t15-/m0/s1. The van der Waals surface area contributed by atoms with Crippen LogP contribution >= 0.6 is 0 Å². The number of para-hydroxylation sites is 1. The van der Waals surface area contributed by atoms with E-state index in [2.05, 4.69) is 31.5 Å². The van der Waals surface area contributed by atoms with Crippen LogP contribution in [-0.4, -0.2) is 45.1 Å². The van der Waals surface area contributed by atoms with E-state index >= 15 is 0 Å². The average Bonchev–Trinajstić information content (AvgIpc) is 3.07. The maximum atomic E-state index is 12.6. The van der Waals surface area contributed by atoms with E-state index in [1.54, 1.807) is 6.20 Å². The highest BCUT2D eigenvalue weighted by Gasteiger charge is 2.23. The van der Waals surface area contributed by atoms with E-state index in [-0.39, 0.29) is 11.9 Å². The van der Waals surface area contributed by atoms with Crippen molar-refractivity contribution in [2.45, 2.75) is 25.4 Å². The van der Waals surface area contributed by atoms with Crippen molar-refractivity contribution in [3.8, 4) is 0 Å². The van der Waals surface area contributed by atoms with Gasteiger partial charge < -0.3 is 5.32 Å². The summed E-state index contributed by atoms with van der Waals surface area (Å²) in [6, 6.07) is 11.9. The summed E-state index contributed by atoms with van der Waals surface area (Å²) in [5.74, 6) is -0.106. The Morgan fingerprint density at radius 1 is 1.28 bits per heavy atom. The number of amides is 1. The zero-order valence-electron chi connectivity index (χ0n) is 14.0. The second-order valence-electron chi connectivity index (χ2n) is 6.53. The van der Waals surface area contributed by atoms with Gasteiger partial charge in [0, 0.05) is 36.9 Å². The highest BCUT2D eigenvalue weighted by atomic mass is 16.2. The van der Waals surface area contributed by atoms with Crippen molar-refractivity contribution in [3.05, 3.63) is 60.0 Å². The van der Waals surface area contributed by atoms with E-state index in [1.807, 2.05) is 36.5 Å². The van der Waals surface area contributed by atoms with Gasteiger partial charge in [0.2, 0.25) is 0 Å². The second kappa shape index (κ2) is 7.03. The first-order valence-corrected chi connectivity index (χ1v) is 8.65. The fraction of sp³-hybridized carbons (Fsp3) is 0.316. The first-order valence-electron chi connectivity index (χ1n) is 8.65. The highest BCUT2D eigenvalue weighted by Crippen LogP contribution is 2.17. The van der Waals surface area contributed by atoms with Crippen LogP contribution in [0, 0.1) is 0 Å². The monoisotopic (exact) mass is 335 g/mol. The van der Waals surface area contributed by atoms with Crippen LogP contribution in [0.5, 0.6) is 0 Å². The molecule has 0 bridgehead atoms. The minimum absolute atomic E-state index is 0.106. The van der Waals surface area contributed by atoms with Gasteiger partial charge >= 0.3 is 0 Å². The first kappa shape index (κ1) is 15.8. The summed E-state index contributed by atoms with van der Waals surface area (Å²) in [5, 5.41) is 11.1. The van der Waals surface area contributed by atoms with Gasteiger partial charge in [-0.25, -0.2) is 0 Å². The summed E-state index contributed by atoms with van der Waals surface area (Å²) >= 11 is 0. The van der Waals surface area contributed by atoms with Crippen LogP contribution in [0.1, 0.15) is 28.9 Å². The SMILES string of the molecule is O=C(N[C@H]1CCCN(Cc2cccnc2)C1)c1n[nH]c2ccccc12. The Labute approximate surface area is 146 Å². The Morgan fingerprint density at radius 3 is 3.08 bits per heavy atom. The van der Waals surface area contributed by atoms with Gasteiger partial charge in [0.25, 0.3) is 5.91 Å². The molecule has 4 rings (SSSR count). The lowest BCUT2D eigenvalue weighted by Gasteiger charge is -2.33. The number of aromatic amines is 1. The van der Waals surface area contributed by atoms with E-state index in [0.29, 0.717) is 5.69 Å². The number of rotatable bonds is 4. The Balaban J connectivity index is 1.41. The van der Waals surface area contributed by atoms with Crippen LogP contribution in [-0.2, 0) is 6.54 Å². The molecule has 128 valence electrons. The maximum Gasteiger partial charge on any atom is 0.272 e. The molecule has 3 heterocycles. The molecule has 6 heteroatoms. The summed E-state index contributed by atoms with van der Waals surface area (Å²) in [5.41, 5.74) is 2.56. The van der Waals surface area contributed by atoms with Gasteiger partial charge in [0.15, 0.2) is 5.69 Å². The van der Waals surface area contributed by atoms with Crippen molar-refractivity contribution >= 4 is 16.8 Å². The third-order valence-electron chi connectivity index (χ3n) is 4.66. The number of H-pyrrole nitrogens is 1.